The molecule has 214 valence electrons. The predicted molar refractivity (Wildman–Crippen MR) is 188 cm³/mol. The highest BCUT2D eigenvalue weighted by Crippen LogP contribution is 2.41. The third-order valence-corrected chi connectivity index (χ3v) is 12.4. The molecule has 3 heteroatoms. The molecule has 4 aromatic carbocycles. The number of hydrogen-bond donors (Lipinski definition) is 0. The van der Waals surface area contributed by atoms with Crippen molar-refractivity contribution in [1.29, 1.82) is 0 Å². The summed E-state index contributed by atoms with van der Waals surface area (Å²) in [5, 5.41) is 5.75. The molecule has 42 heavy (non-hydrogen) atoms. The van der Waals surface area contributed by atoms with Crippen molar-refractivity contribution in [2.75, 3.05) is 0 Å². The van der Waals surface area contributed by atoms with Crippen molar-refractivity contribution < 1.29 is 0 Å². The maximum absolute atomic E-state index is 5.37. The summed E-state index contributed by atoms with van der Waals surface area (Å²) in [6.45, 7) is 17.7. The first kappa shape index (κ1) is 30.4. The van der Waals surface area contributed by atoms with Crippen LogP contribution in [0.4, 0.5) is 0 Å². The van der Waals surface area contributed by atoms with Crippen LogP contribution in [0.3, 0.4) is 0 Å². The van der Waals surface area contributed by atoms with Gasteiger partial charge in [0.15, 0.2) is 0 Å². The highest BCUT2D eigenvalue weighted by Gasteiger charge is 2.20. The highest BCUT2D eigenvalue weighted by atomic mass is 31.1. The van der Waals surface area contributed by atoms with Crippen molar-refractivity contribution in [1.82, 2.24) is 4.98 Å². The second kappa shape index (κ2) is 13.0. The Balaban J connectivity index is 1.54. The van der Waals surface area contributed by atoms with Gasteiger partial charge in [-0.25, -0.2) is 0 Å². The van der Waals surface area contributed by atoms with Crippen molar-refractivity contribution >= 4 is 37.1 Å². The molecule has 1 nitrogen and oxygen atoms in total. The van der Waals surface area contributed by atoms with Crippen LogP contribution in [0.25, 0.3) is 0 Å². The van der Waals surface area contributed by atoms with Gasteiger partial charge in [0, 0.05) is 23.7 Å². The first-order chi connectivity index (χ1) is 20.0. The van der Waals surface area contributed by atoms with Gasteiger partial charge in [0.2, 0.25) is 0 Å². The Labute approximate surface area is 256 Å². The van der Waals surface area contributed by atoms with Gasteiger partial charge in [-0.05, 0) is 105 Å². The van der Waals surface area contributed by atoms with Gasteiger partial charge < -0.3 is 0 Å². The van der Waals surface area contributed by atoms with E-state index in [-0.39, 0.29) is 0 Å². The van der Waals surface area contributed by atoms with Crippen LogP contribution in [0, 0.1) is 55.4 Å². The summed E-state index contributed by atoms with van der Waals surface area (Å²) >= 11 is 0. The molecule has 1 aromatic heterocycles. The predicted octanol–water partition coefficient (Wildman–Crippen LogP) is 8.81. The molecule has 0 N–H and O–H groups in total. The first-order valence-corrected chi connectivity index (χ1v) is 17.9. The van der Waals surface area contributed by atoms with Gasteiger partial charge in [0.1, 0.15) is 0 Å². The standard InChI is InChI=1S/C39H43NP2/c1-26-12-27(2)17-36(16-26)41(37-18-28(3)13-29(4)19-37)24-34-10-9-11-35(40-34)25-42(38-20-30(5)14-31(6)21-38)39-22-32(7)15-33(8)23-39/h9-23H,24-25H2,1-8H3. The second-order valence-electron chi connectivity index (χ2n) is 12.2. The summed E-state index contributed by atoms with van der Waals surface area (Å²) in [5.74, 6) is 0. The molecule has 0 aliphatic carbocycles. The van der Waals surface area contributed by atoms with Crippen LogP contribution in [-0.4, -0.2) is 4.98 Å². The van der Waals surface area contributed by atoms with Crippen LogP contribution in [0.1, 0.15) is 55.9 Å². The lowest BCUT2D eigenvalue weighted by molar-refractivity contribution is 1.09. The maximum Gasteiger partial charge on any atom is 0.0456 e. The molecular weight excluding hydrogens is 544 g/mol. The fourth-order valence-electron chi connectivity index (χ4n) is 6.12. The third-order valence-electron chi connectivity index (χ3n) is 7.58. The molecular formula is C39H43NP2. The first-order valence-electron chi connectivity index (χ1n) is 14.9. The Kier molecular flexibility index (Phi) is 9.42. The molecule has 0 spiro atoms. The lowest BCUT2D eigenvalue weighted by Gasteiger charge is -2.23. The van der Waals surface area contributed by atoms with Crippen LogP contribution in [-0.2, 0) is 12.3 Å². The van der Waals surface area contributed by atoms with E-state index < -0.39 is 15.8 Å². The molecule has 0 atom stereocenters. The van der Waals surface area contributed by atoms with Crippen LogP contribution < -0.4 is 21.2 Å². The topological polar surface area (TPSA) is 12.9 Å². The summed E-state index contributed by atoms with van der Waals surface area (Å²) in [6.07, 6.45) is 1.89. The van der Waals surface area contributed by atoms with E-state index in [1.54, 1.807) is 0 Å². The van der Waals surface area contributed by atoms with Gasteiger partial charge in [0.25, 0.3) is 0 Å². The molecule has 0 bridgehead atoms. The smallest absolute Gasteiger partial charge is 0.0456 e. The Bertz CT molecular complexity index is 1430. The summed E-state index contributed by atoms with van der Waals surface area (Å²) < 4.78 is 0. The number of aryl methyl sites for hydroxylation is 8. The zero-order valence-electron chi connectivity index (χ0n) is 26.4. The van der Waals surface area contributed by atoms with E-state index in [1.165, 1.54) is 77.1 Å². The molecule has 5 rings (SSSR count). The van der Waals surface area contributed by atoms with Gasteiger partial charge in [-0.2, -0.15) is 0 Å². The molecule has 0 unspecified atom stereocenters. The summed E-state index contributed by atoms with van der Waals surface area (Å²) in [7, 11) is -1.17. The summed E-state index contributed by atoms with van der Waals surface area (Å²) in [6, 6.07) is 34.9. The fourth-order valence-corrected chi connectivity index (χ4v) is 11.3. The third kappa shape index (κ3) is 7.64. The molecule has 0 saturated carbocycles. The lowest BCUT2D eigenvalue weighted by Crippen LogP contribution is -2.17. The van der Waals surface area contributed by atoms with E-state index in [2.05, 4.69) is 146 Å². The Morgan fingerprint density at radius 3 is 0.857 bits per heavy atom. The molecule has 0 aliphatic heterocycles. The van der Waals surface area contributed by atoms with E-state index in [9.17, 15) is 0 Å². The normalized spacial score (nSPS) is 11.5. The van der Waals surface area contributed by atoms with Crippen molar-refractivity contribution in [3.8, 4) is 0 Å². The van der Waals surface area contributed by atoms with E-state index in [0.29, 0.717) is 0 Å². The molecule has 0 saturated heterocycles. The largest absolute Gasteiger partial charge is 0.257 e. The molecule has 0 radical (unpaired) electrons. The van der Waals surface area contributed by atoms with Crippen molar-refractivity contribution in [3.63, 3.8) is 0 Å². The van der Waals surface area contributed by atoms with Gasteiger partial charge in [-0.3, -0.25) is 4.98 Å². The molecule has 0 fully saturated rings. The monoisotopic (exact) mass is 587 g/mol. The van der Waals surface area contributed by atoms with Gasteiger partial charge in [-0.1, -0.05) is 123 Å². The van der Waals surface area contributed by atoms with Crippen molar-refractivity contribution in [3.05, 3.63) is 147 Å². The van der Waals surface area contributed by atoms with Gasteiger partial charge in [-0.15, -0.1) is 0 Å². The maximum atomic E-state index is 5.37. The quantitative estimate of drug-likeness (QED) is 0.165. The summed E-state index contributed by atoms with van der Waals surface area (Å²) in [5.41, 5.74) is 13.0. The van der Waals surface area contributed by atoms with E-state index >= 15 is 0 Å². The second-order valence-corrected chi connectivity index (χ2v) is 16.6. The highest BCUT2D eigenvalue weighted by molar-refractivity contribution is 7.72. The van der Waals surface area contributed by atoms with Crippen molar-refractivity contribution in [2.45, 2.75) is 67.7 Å². The van der Waals surface area contributed by atoms with Crippen LogP contribution in [0.2, 0.25) is 0 Å². The summed E-state index contributed by atoms with van der Waals surface area (Å²) in [4.78, 5) is 5.37. The van der Waals surface area contributed by atoms with E-state index in [1.807, 2.05) is 0 Å². The van der Waals surface area contributed by atoms with Gasteiger partial charge in [0.05, 0.1) is 0 Å². The molecule has 0 aliphatic rings. The zero-order valence-corrected chi connectivity index (χ0v) is 28.2. The fraction of sp³-hybridized carbons (Fsp3) is 0.256. The minimum absolute atomic E-state index is 0.587. The Hall–Kier alpha value is -3.11. The average molecular weight is 588 g/mol. The molecule has 5 aromatic rings. The molecule has 1 heterocycles. The Morgan fingerprint density at radius 1 is 0.381 bits per heavy atom. The van der Waals surface area contributed by atoms with E-state index in [4.69, 9.17) is 4.98 Å². The lowest BCUT2D eigenvalue weighted by atomic mass is 10.2. The zero-order chi connectivity index (χ0) is 30.0. The number of pyridine rings is 1. The number of rotatable bonds is 8. The molecule has 0 amide bonds. The van der Waals surface area contributed by atoms with Crippen LogP contribution in [0.15, 0.2) is 91.0 Å². The minimum atomic E-state index is -0.587. The van der Waals surface area contributed by atoms with Crippen LogP contribution in [0.5, 0.6) is 0 Å². The van der Waals surface area contributed by atoms with Crippen molar-refractivity contribution in [2.24, 2.45) is 0 Å². The minimum Gasteiger partial charge on any atom is -0.257 e. The van der Waals surface area contributed by atoms with Gasteiger partial charge >= 0.3 is 0 Å². The van der Waals surface area contributed by atoms with Crippen LogP contribution >= 0.6 is 15.8 Å². The number of hydrogen-bond acceptors (Lipinski definition) is 1. The Morgan fingerprint density at radius 2 is 0.619 bits per heavy atom. The number of aromatic nitrogens is 1. The number of nitrogens with zero attached hydrogens (tertiary/aromatic N) is 1. The average Bonchev–Trinajstić information content (AvgIpc) is 2.88. The van der Waals surface area contributed by atoms with E-state index in [0.717, 1.165) is 12.3 Å². The number of benzene rings is 4. The SMILES string of the molecule is Cc1cc(C)cc(P(Cc2cccc(CP(c3cc(C)cc(C)c3)c3cc(C)cc(C)c3)n2)c2cc(C)cc(C)c2)c1.